The average molecular weight is 354 g/mol. The molecule has 2 N–H and O–H groups in total. The molecule has 1 aliphatic rings. The Hall–Kier alpha value is -2.62. The van der Waals surface area contributed by atoms with Crippen LogP contribution in [0.2, 0.25) is 0 Å². The Morgan fingerprint density at radius 3 is 2.69 bits per heavy atom. The monoisotopic (exact) mass is 354 g/mol. The Bertz CT molecular complexity index is 926. The zero-order valence-corrected chi connectivity index (χ0v) is 15.0. The van der Waals surface area contributed by atoms with Gasteiger partial charge in [0, 0.05) is 17.8 Å². The summed E-state index contributed by atoms with van der Waals surface area (Å²) in [6, 6.07) is 9.42. The predicted molar refractivity (Wildman–Crippen MR) is 96.0 cm³/mol. The molecule has 1 aromatic heterocycles. The number of benzene rings is 1. The highest BCUT2D eigenvalue weighted by atomic mass is 16.5. The molecule has 26 heavy (non-hydrogen) atoms. The standard InChI is InChI=1S/C20H22N2O4/c1-4-15(23)13-7-8-22(17(24)10-13)18-14-9-12(11-21)5-6-16(14)26-20(2,3)19(18)25/h5-10,15,18-19,23,25H,4H2,1-3H3/t15?,18-,19+/m1/s1. The molecule has 6 heteroatoms. The second-order valence-corrected chi connectivity index (χ2v) is 7.09. The Morgan fingerprint density at radius 2 is 2.08 bits per heavy atom. The van der Waals surface area contributed by atoms with Gasteiger partial charge in [-0.2, -0.15) is 5.26 Å². The summed E-state index contributed by atoms with van der Waals surface area (Å²) in [5, 5.41) is 30.0. The van der Waals surface area contributed by atoms with E-state index in [1.807, 2.05) is 6.92 Å². The molecule has 2 heterocycles. The largest absolute Gasteiger partial charge is 0.485 e. The van der Waals surface area contributed by atoms with Gasteiger partial charge in [-0.15, -0.1) is 0 Å². The quantitative estimate of drug-likeness (QED) is 0.882. The van der Waals surface area contributed by atoms with Gasteiger partial charge in [0.1, 0.15) is 17.5 Å². The number of ether oxygens (including phenoxy) is 1. The number of hydrogen-bond donors (Lipinski definition) is 2. The van der Waals surface area contributed by atoms with Crippen LogP contribution in [0.15, 0.2) is 41.3 Å². The molecule has 0 bridgehead atoms. The molecule has 0 aliphatic carbocycles. The normalized spacial score (nSPS) is 22.0. The van der Waals surface area contributed by atoms with Gasteiger partial charge >= 0.3 is 0 Å². The SMILES string of the molecule is CCC(O)c1ccn([C@@H]2c3cc(C#N)ccc3OC(C)(C)[C@H]2O)c(=O)c1. The zero-order chi connectivity index (χ0) is 19.1. The molecular formula is C20H22N2O4. The number of hydrogen-bond acceptors (Lipinski definition) is 5. The Labute approximate surface area is 151 Å². The van der Waals surface area contributed by atoms with E-state index in [0.29, 0.717) is 28.9 Å². The van der Waals surface area contributed by atoms with E-state index in [9.17, 15) is 20.3 Å². The number of aliphatic hydroxyl groups is 2. The number of nitriles is 1. The van der Waals surface area contributed by atoms with Gasteiger partial charge in [-0.05, 0) is 50.1 Å². The summed E-state index contributed by atoms with van der Waals surface area (Å²) in [5.41, 5.74) is 0.315. The van der Waals surface area contributed by atoms with Crippen LogP contribution in [0.25, 0.3) is 0 Å². The fraction of sp³-hybridized carbons (Fsp3) is 0.400. The molecule has 0 saturated heterocycles. The maximum Gasteiger partial charge on any atom is 0.251 e. The third kappa shape index (κ3) is 3.00. The fourth-order valence-corrected chi connectivity index (χ4v) is 3.32. The lowest BCUT2D eigenvalue weighted by Gasteiger charge is -2.42. The molecule has 1 unspecified atom stereocenters. The van der Waals surface area contributed by atoms with Gasteiger partial charge in [-0.25, -0.2) is 0 Å². The molecule has 1 aliphatic heterocycles. The summed E-state index contributed by atoms with van der Waals surface area (Å²) >= 11 is 0. The minimum absolute atomic E-state index is 0.329. The highest BCUT2D eigenvalue weighted by Gasteiger charge is 2.44. The lowest BCUT2D eigenvalue weighted by atomic mass is 9.85. The van der Waals surface area contributed by atoms with Crippen molar-refractivity contribution in [3.05, 3.63) is 63.6 Å². The van der Waals surface area contributed by atoms with Gasteiger partial charge in [-0.3, -0.25) is 4.79 Å². The van der Waals surface area contributed by atoms with Gasteiger partial charge < -0.3 is 19.5 Å². The van der Waals surface area contributed by atoms with Crippen LogP contribution in [0.5, 0.6) is 5.75 Å². The molecular weight excluding hydrogens is 332 g/mol. The first-order valence-electron chi connectivity index (χ1n) is 8.59. The first kappa shape index (κ1) is 18.2. The van der Waals surface area contributed by atoms with Crippen LogP contribution < -0.4 is 10.3 Å². The second-order valence-electron chi connectivity index (χ2n) is 7.09. The number of nitrogens with zero attached hydrogens (tertiary/aromatic N) is 2. The Kier molecular flexibility index (Phi) is 4.61. The van der Waals surface area contributed by atoms with Crippen molar-refractivity contribution in [3.63, 3.8) is 0 Å². The van der Waals surface area contributed by atoms with Crippen molar-refractivity contribution in [2.24, 2.45) is 0 Å². The van der Waals surface area contributed by atoms with Crippen molar-refractivity contribution >= 4 is 0 Å². The summed E-state index contributed by atoms with van der Waals surface area (Å²) in [4.78, 5) is 12.7. The van der Waals surface area contributed by atoms with Crippen LogP contribution in [-0.2, 0) is 0 Å². The van der Waals surface area contributed by atoms with E-state index in [-0.39, 0.29) is 5.56 Å². The molecule has 136 valence electrons. The number of aliphatic hydroxyl groups excluding tert-OH is 2. The molecule has 2 aromatic rings. The highest BCUT2D eigenvalue weighted by molar-refractivity contribution is 5.46. The van der Waals surface area contributed by atoms with Crippen LogP contribution in [0.1, 0.15) is 56.0 Å². The van der Waals surface area contributed by atoms with Crippen molar-refractivity contribution in [2.45, 2.75) is 51.0 Å². The van der Waals surface area contributed by atoms with Crippen molar-refractivity contribution in [3.8, 4) is 11.8 Å². The van der Waals surface area contributed by atoms with Crippen LogP contribution in [-0.4, -0.2) is 26.5 Å². The Balaban J connectivity index is 2.17. The number of fused-ring (bicyclic) bond motifs is 1. The number of rotatable bonds is 3. The van der Waals surface area contributed by atoms with E-state index in [2.05, 4.69) is 6.07 Å². The molecule has 6 nitrogen and oxygen atoms in total. The van der Waals surface area contributed by atoms with Crippen LogP contribution >= 0.6 is 0 Å². The van der Waals surface area contributed by atoms with Crippen molar-refractivity contribution in [2.75, 3.05) is 0 Å². The third-order valence-electron chi connectivity index (χ3n) is 4.89. The van der Waals surface area contributed by atoms with Gasteiger partial charge in [0.15, 0.2) is 0 Å². The van der Waals surface area contributed by atoms with Gasteiger partial charge in [-0.1, -0.05) is 6.92 Å². The summed E-state index contributed by atoms with van der Waals surface area (Å²) in [5.74, 6) is 0.536. The van der Waals surface area contributed by atoms with Crippen molar-refractivity contribution < 1.29 is 14.9 Å². The number of aromatic nitrogens is 1. The van der Waals surface area contributed by atoms with Crippen molar-refractivity contribution in [1.29, 1.82) is 5.26 Å². The van der Waals surface area contributed by atoms with E-state index in [4.69, 9.17) is 4.74 Å². The van der Waals surface area contributed by atoms with E-state index in [1.54, 1.807) is 44.3 Å². The number of pyridine rings is 1. The average Bonchev–Trinajstić information content (AvgIpc) is 2.62. The summed E-state index contributed by atoms with van der Waals surface area (Å²) in [6.45, 7) is 5.35. The van der Waals surface area contributed by atoms with Crippen LogP contribution in [0.4, 0.5) is 0 Å². The van der Waals surface area contributed by atoms with Crippen molar-refractivity contribution in [1.82, 2.24) is 4.57 Å². The molecule has 0 fully saturated rings. The van der Waals surface area contributed by atoms with E-state index in [1.165, 1.54) is 10.6 Å². The lowest BCUT2D eigenvalue weighted by molar-refractivity contribution is -0.0643. The minimum Gasteiger partial charge on any atom is -0.485 e. The highest BCUT2D eigenvalue weighted by Crippen LogP contribution is 2.41. The molecule has 0 amide bonds. The smallest absolute Gasteiger partial charge is 0.251 e. The van der Waals surface area contributed by atoms with Gasteiger partial charge in [0.25, 0.3) is 5.56 Å². The molecule has 0 radical (unpaired) electrons. The fourth-order valence-electron chi connectivity index (χ4n) is 3.32. The molecule has 3 atom stereocenters. The predicted octanol–water partition coefficient (Wildman–Crippen LogP) is 2.28. The summed E-state index contributed by atoms with van der Waals surface area (Å²) in [7, 11) is 0. The van der Waals surface area contributed by atoms with E-state index in [0.717, 1.165) is 0 Å². The van der Waals surface area contributed by atoms with Crippen LogP contribution in [0.3, 0.4) is 0 Å². The first-order valence-corrected chi connectivity index (χ1v) is 8.59. The maximum atomic E-state index is 12.7. The Morgan fingerprint density at radius 1 is 1.35 bits per heavy atom. The third-order valence-corrected chi connectivity index (χ3v) is 4.89. The molecule has 0 spiro atoms. The lowest BCUT2D eigenvalue weighted by Crippen LogP contribution is -2.52. The summed E-state index contributed by atoms with van der Waals surface area (Å²) in [6.07, 6.45) is 0.383. The van der Waals surface area contributed by atoms with Gasteiger partial charge in [0.2, 0.25) is 0 Å². The first-order chi connectivity index (χ1) is 12.3. The topological polar surface area (TPSA) is 95.5 Å². The second kappa shape index (κ2) is 6.60. The molecule has 1 aromatic carbocycles. The van der Waals surface area contributed by atoms with Crippen LogP contribution in [0, 0.1) is 11.3 Å². The summed E-state index contributed by atoms with van der Waals surface area (Å²) < 4.78 is 7.32. The minimum atomic E-state index is -0.997. The van der Waals surface area contributed by atoms with Gasteiger partial charge in [0.05, 0.1) is 23.8 Å². The molecule has 3 rings (SSSR count). The molecule has 0 saturated carbocycles. The van der Waals surface area contributed by atoms with E-state index < -0.39 is 23.9 Å². The zero-order valence-electron chi connectivity index (χ0n) is 15.0. The van der Waals surface area contributed by atoms with E-state index >= 15 is 0 Å². The maximum absolute atomic E-state index is 12.7.